The van der Waals surface area contributed by atoms with Crippen molar-refractivity contribution in [3.8, 4) is 11.1 Å². The molecule has 0 radical (unpaired) electrons. The van der Waals surface area contributed by atoms with Crippen LogP contribution in [-0.2, 0) is 4.79 Å². The molecular formula is C26H26ClFN4O3. The van der Waals surface area contributed by atoms with Gasteiger partial charge in [-0.1, -0.05) is 29.8 Å². The van der Waals surface area contributed by atoms with E-state index in [-0.39, 0.29) is 29.8 Å². The molecule has 0 unspecified atom stereocenters. The number of likely N-dealkylation sites (N-methyl/N-ethyl adjacent to an activating group) is 1. The van der Waals surface area contributed by atoms with Crippen LogP contribution in [0.25, 0.3) is 11.1 Å². The van der Waals surface area contributed by atoms with Gasteiger partial charge in [-0.05, 0) is 53.4 Å². The minimum absolute atomic E-state index is 0.111. The Bertz CT molecular complexity index is 1270. The van der Waals surface area contributed by atoms with Gasteiger partial charge in [0.1, 0.15) is 11.6 Å². The summed E-state index contributed by atoms with van der Waals surface area (Å²) in [6, 6.07) is 12.1. The minimum atomic E-state index is -0.739. The second-order valence-electron chi connectivity index (χ2n) is 8.67. The Morgan fingerprint density at radius 3 is 2.80 bits per heavy atom. The molecule has 1 aliphatic rings. The second-order valence-corrected chi connectivity index (χ2v) is 9.11. The van der Waals surface area contributed by atoms with Crippen molar-refractivity contribution in [2.45, 2.75) is 24.8 Å². The molecule has 9 heteroatoms. The number of pyridine rings is 1. The quantitative estimate of drug-likeness (QED) is 0.479. The van der Waals surface area contributed by atoms with Crippen molar-refractivity contribution in [3.63, 3.8) is 0 Å². The number of piperidine rings is 1. The number of halogens is 2. The van der Waals surface area contributed by atoms with Crippen LogP contribution in [-0.4, -0.2) is 47.0 Å². The largest absolute Gasteiger partial charge is 0.394 e. The van der Waals surface area contributed by atoms with Gasteiger partial charge in [0.15, 0.2) is 0 Å². The molecule has 1 aromatic heterocycles. The maximum atomic E-state index is 15.0. The summed E-state index contributed by atoms with van der Waals surface area (Å²) >= 11 is 6.00. The molecule has 0 bridgehead atoms. The van der Waals surface area contributed by atoms with E-state index in [1.165, 1.54) is 12.1 Å². The number of aliphatic hydroxyl groups is 1. The van der Waals surface area contributed by atoms with Crippen LogP contribution < -0.4 is 11.1 Å². The van der Waals surface area contributed by atoms with Crippen molar-refractivity contribution in [1.82, 2.24) is 15.2 Å². The van der Waals surface area contributed by atoms with Crippen molar-refractivity contribution < 1.29 is 19.1 Å². The average molecular weight is 497 g/mol. The van der Waals surface area contributed by atoms with Crippen molar-refractivity contribution in [2.24, 2.45) is 0 Å². The number of nitrogens with two attached hydrogens (primary N) is 1. The predicted octanol–water partition coefficient (Wildman–Crippen LogP) is 3.92. The van der Waals surface area contributed by atoms with Crippen LogP contribution in [0.15, 0.2) is 54.7 Å². The van der Waals surface area contributed by atoms with Gasteiger partial charge in [0.25, 0.3) is 5.91 Å². The second kappa shape index (κ2) is 10.4. The van der Waals surface area contributed by atoms with E-state index >= 15 is 4.39 Å². The van der Waals surface area contributed by atoms with Gasteiger partial charge in [-0.2, -0.15) is 0 Å². The molecule has 2 aromatic carbocycles. The topological polar surface area (TPSA) is 109 Å². The number of carbonyl (C=O) groups is 2. The molecule has 2 heterocycles. The number of rotatable bonds is 6. The van der Waals surface area contributed by atoms with Gasteiger partial charge in [0.2, 0.25) is 5.91 Å². The molecule has 4 rings (SSSR count). The lowest BCUT2D eigenvalue weighted by Crippen LogP contribution is -2.35. The van der Waals surface area contributed by atoms with Crippen LogP contribution in [0.5, 0.6) is 0 Å². The SMILES string of the molecule is CN1C[C@@H](c2cnc(N)c(-c3ccc(C(=O)N[C@H](CO)c4cccc(Cl)c4)c(F)c3)c2)CCC1=O. The molecule has 3 aromatic rings. The summed E-state index contributed by atoms with van der Waals surface area (Å²) in [5.41, 5.74) is 8.50. The minimum Gasteiger partial charge on any atom is -0.394 e. The zero-order valence-electron chi connectivity index (χ0n) is 19.2. The number of likely N-dealkylation sites (tertiary alicyclic amines) is 1. The summed E-state index contributed by atoms with van der Waals surface area (Å²) in [5.74, 6) is -0.925. The average Bonchev–Trinajstić information content (AvgIpc) is 2.84. The summed E-state index contributed by atoms with van der Waals surface area (Å²) in [4.78, 5) is 30.6. The number of aromatic nitrogens is 1. The molecule has 0 saturated carbocycles. The molecule has 0 aliphatic carbocycles. The van der Waals surface area contributed by atoms with Gasteiger partial charge >= 0.3 is 0 Å². The maximum Gasteiger partial charge on any atom is 0.254 e. The van der Waals surface area contributed by atoms with Gasteiger partial charge in [-0.3, -0.25) is 9.59 Å². The van der Waals surface area contributed by atoms with E-state index in [1.54, 1.807) is 48.5 Å². The Hall–Kier alpha value is -3.49. The molecule has 4 N–H and O–H groups in total. The summed E-state index contributed by atoms with van der Waals surface area (Å²) < 4.78 is 15.0. The third-order valence-electron chi connectivity index (χ3n) is 6.30. The Labute approximate surface area is 207 Å². The summed E-state index contributed by atoms with van der Waals surface area (Å²) in [5, 5.41) is 12.8. The van der Waals surface area contributed by atoms with Gasteiger partial charge in [-0.15, -0.1) is 0 Å². The van der Waals surface area contributed by atoms with Crippen molar-refractivity contribution in [2.75, 3.05) is 25.9 Å². The van der Waals surface area contributed by atoms with Crippen LogP contribution in [0.1, 0.15) is 46.3 Å². The predicted molar refractivity (Wildman–Crippen MR) is 132 cm³/mol. The molecule has 2 atom stereocenters. The van der Waals surface area contributed by atoms with Crippen molar-refractivity contribution in [1.29, 1.82) is 0 Å². The Balaban J connectivity index is 1.56. The van der Waals surface area contributed by atoms with Crippen molar-refractivity contribution >= 4 is 29.2 Å². The number of aliphatic hydroxyl groups excluding tert-OH is 1. The first-order valence-electron chi connectivity index (χ1n) is 11.2. The van der Waals surface area contributed by atoms with E-state index in [0.29, 0.717) is 41.1 Å². The Kier molecular flexibility index (Phi) is 7.33. The Morgan fingerprint density at radius 1 is 1.31 bits per heavy atom. The van der Waals surface area contributed by atoms with Gasteiger partial charge in [-0.25, -0.2) is 9.37 Å². The van der Waals surface area contributed by atoms with Gasteiger partial charge < -0.3 is 21.1 Å². The third kappa shape index (κ3) is 5.44. The normalized spacial score (nSPS) is 16.7. The molecule has 1 aliphatic heterocycles. The summed E-state index contributed by atoms with van der Waals surface area (Å²) in [6.07, 6.45) is 2.86. The lowest BCUT2D eigenvalue weighted by molar-refractivity contribution is -0.132. The highest BCUT2D eigenvalue weighted by molar-refractivity contribution is 6.30. The summed E-state index contributed by atoms with van der Waals surface area (Å²) in [7, 11) is 1.77. The standard InChI is InChI=1S/C26H26ClFN4O3/c1-32-13-17(6-8-24(32)34)18-10-21(25(29)30-12-18)15-5-7-20(22(28)11-15)26(35)31-23(14-33)16-3-2-4-19(27)9-16/h2-5,7,9-12,17,23,33H,6,8,13-14H2,1H3,(H2,29,30)(H,31,35)/t17-,23+/m0/s1. The Morgan fingerprint density at radius 2 is 2.11 bits per heavy atom. The fourth-order valence-electron chi connectivity index (χ4n) is 4.29. The van der Waals surface area contributed by atoms with E-state index in [9.17, 15) is 14.7 Å². The summed E-state index contributed by atoms with van der Waals surface area (Å²) in [6.45, 7) is 0.207. The first-order valence-corrected chi connectivity index (χ1v) is 11.6. The number of hydrogen-bond donors (Lipinski definition) is 3. The number of carbonyl (C=O) groups excluding carboxylic acids is 2. The molecule has 182 valence electrons. The van der Waals surface area contributed by atoms with E-state index in [1.807, 2.05) is 6.07 Å². The van der Waals surface area contributed by atoms with E-state index in [0.717, 1.165) is 5.56 Å². The zero-order valence-corrected chi connectivity index (χ0v) is 19.9. The van der Waals surface area contributed by atoms with Crippen LogP contribution in [0.3, 0.4) is 0 Å². The number of hydrogen-bond acceptors (Lipinski definition) is 5. The van der Waals surface area contributed by atoms with Crippen LogP contribution in [0, 0.1) is 5.82 Å². The fourth-order valence-corrected chi connectivity index (χ4v) is 4.49. The smallest absolute Gasteiger partial charge is 0.254 e. The molecule has 35 heavy (non-hydrogen) atoms. The van der Waals surface area contributed by atoms with Crippen LogP contribution >= 0.6 is 11.6 Å². The fraction of sp³-hybridized carbons (Fsp3) is 0.269. The number of amides is 2. The number of anilines is 1. The first-order chi connectivity index (χ1) is 16.8. The van der Waals surface area contributed by atoms with Gasteiger partial charge in [0.05, 0.1) is 18.2 Å². The molecule has 1 saturated heterocycles. The lowest BCUT2D eigenvalue weighted by Gasteiger charge is -2.30. The van der Waals surface area contributed by atoms with Crippen LogP contribution in [0.2, 0.25) is 5.02 Å². The highest BCUT2D eigenvalue weighted by Gasteiger charge is 2.25. The monoisotopic (exact) mass is 496 g/mol. The number of nitrogen functional groups attached to an aromatic ring is 1. The molecule has 2 amide bonds. The van der Waals surface area contributed by atoms with E-state index in [2.05, 4.69) is 10.3 Å². The third-order valence-corrected chi connectivity index (χ3v) is 6.54. The van der Waals surface area contributed by atoms with E-state index in [4.69, 9.17) is 17.3 Å². The highest BCUT2D eigenvalue weighted by Crippen LogP contribution is 2.32. The first kappa shape index (κ1) is 24.6. The van der Waals surface area contributed by atoms with E-state index < -0.39 is 17.8 Å². The maximum absolute atomic E-state index is 15.0. The van der Waals surface area contributed by atoms with Gasteiger partial charge in [0, 0.05) is 42.7 Å². The number of nitrogens with one attached hydrogen (secondary N) is 1. The molecule has 7 nitrogen and oxygen atoms in total. The molecule has 1 fully saturated rings. The van der Waals surface area contributed by atoms with Crippen LogP contribution in [0.4, 0.5) is 10.2 Å². The lowest BCUT2D eigenvalue weighted by atomic mass is 9.90. The molecule has 0 spiro atoms. The highest BCUT2D eigenvalue weighted by atomic mass is 35.5. The number of nitrogens with zero attached hydrogens (tertiary/aromatic N) is 2. The molecular weight excluding hydrogens is 471 g/mol. The zero-order chi connectivity index (χ0) is 25.1. The number of benzene rings is 2. The van der Waals surface area contributed by atoms with Crippen molar-refractivity contribution in [3.05, 3.63) is 82.3 Å².